The second kappa shape index (κ2) is 7.79. The Morgan fingerprint density at radius 3 is 2.26 bits per heavy atom. The minimum absolute atomic E-state index is 0.0490. The maximum Gasteiger partial charge on any atom is 0.253 e. The lowest BCUT2D eigenvalue weighted by Crippen LogP contribution is -2.43. The van der Waals surface area contributed by atoms with Crippen LogP contribution in [0.25, 0.3) is 0 Å². The van der Waals surface area contributed by atoms with Crippen LogP contribution in [0, 0.1) is 6.92 Å². The molecule has 0 aromatic heterocycles. The number of carbonyl (C=O) groups excluding carboxylic acids is 1. The molecule has 2 aromatic rings. The number of benzene rings is 2. The molecule has 2 atom stereocenters. The molecule has 2 aromatic carbocycles. The largest absolute Gasteiger partial charge is 0.482 e. The van der Waals surface area contributed by atoms with Crippen LogP contribution in [0.1, 0.15) is 31.1 Å². The van der Waals surface area contributed by atoms with Gasteiger partial charge >= 0.3 is 0 Å². The van der Waals surface area contributed by atoms with E-state index in [9.17, 15) is 9.90 Å². The molecule has 0 bridgehead atoms. The number of aliphatic hydroxyl groups is 1. The quantitative estimate of drug-likeness (QED) is 0.862. The van der Waals surface area contributed by atoms with E-state index in [2.05, 4.69) is 5.32 Å². The molecule has 0 heterocycles. The van der Waals surface area contributed by atoms with Crippen molar-refractivity contribution >= 4 is 5.91 Å². The standard InChI is InChI=1S/C19H23NO3/c1-13(2)20-19(22)17(21)18(15-10-5-4-6-11-15)23-16-12-8-7-9-14(16)3/h4-13,17-18,21H,1-3H3,(H,20,22). The SMILES string of the molecule is Cc1ccccc1OC(c1ccccc1)C(O)C(=O)NC(C)C. The number of amides is 1. The summed E-state index contributed by atoms with van der Waals surface area (Å²) in [5.41, 5.74) is 1.70. The van der Waals surface area contributed by atoms with E-state index in [0.29, 0.717) is 5.75 Å². The molecular weight excluding hydrogens is 290 g/mol. The Morgan fingerprint density at radius 2 is 1.65 bits per heavy atom. The van der Waals surface area contributed by atoms with Gasteiger partial charge in [-0.2, -0.15) is 0 Å². The molecule has 122 valence electrons. The van der Waals surface area contributed by atoms with Gasteiger partial charge in [0.2, 0.25) is 0 Å². The second-order valence-electron chi connectivity index (χ2n) is 5.82. The van der Waals surface area contributed by atoms with Crippen LogP contribution in [-0.4, -0.2) is 23.2 Å². The number of hydrogen-bond donors (Lipinski definition) is 2. The van der Waals surface area contributed by atoms with Crippen molar-refractivity contribution < 1.29 is 14.6 Å². The summed E-state index contributed by atoms with van der Waals surface area (Å²) in [6.07, 6.45) is -2.06. The van der Waals surface area contributed by atoms with Crippen molar-refractivity contribution in [2.75, 3.05) is 0 Å². The molecule has 4 nitrogen and oxygen atoms in total. The third kappa shape index (κ3) is 4.57. The van der Waals surface area contributed by atoms with Gasteiger partial charge in [-0.3, -0.25) is 4.79 Å². The Kier molecular flexibility index (Phi) is 5.77. The van der Waals surface area contributed by atoms with E-state index >= 15 is 0 Å². The van der Waals surface area contributed by atoms with Gasteiger partial charge in [-0.1, -0.05) is 48.5 Å². The summed E-state index contributed by atoms with van der Waals surface area (Å²) in [6, 6.07) is 16.8. The average Bonchev–Trinajstić information content (AvgIpc) is 2.53. The van der Waals surface area contributed by atoms with Crippen LogP contribution in [0.5, 0.6) is 5.75 Å². The number of aliphatic hydroxyl groups excluding tert-OH is 1. The summed E-state index contributed by atoms with van der Waals surface area (Å²) in [5, 5.41) is 13.2. The molecule has 2 rings (SSSR count). The van der Waals surface area contributed by atoms with Crippen LogP contribution in [0.4, 0.5) is 0 Å². The second-order valence-corrected chi connectivity index (χ2v) is 5.82. The van der Waals surface area contributed by atoms with Crippen molar-refractivity contribution in [2.24, 2.45) is 0 Å². The molecule has 2 N–H and O–H groups in total. The predicted octanol–water partition coefficient (Wildman–Crippen LogP) is 3.00. The third-order valence-corrected chi connectivity index (χ3v) is 3.46. The highest BCUT2D eigenvalue weighted by atomic mass is 16.5. The first-order valence-corrected chi connectivity index (χ1v) is 7.74. The van der Waals surface area contributed by atoms with Crippen LogP contribution < -0.4 is 10.1 Å². The van der Waals surface area contributed by atoms with Crippen LogP contribution in [0.3, 0.4) is 0 Å². The molecule has 0 aliphatic carbocycles. The van der Waals surface area contributed by atoms with Gasteiger partial charge in [0.1, 0.15) is 5.75 Å². The average molecular weight is 313 g/mol. The zero-order valence-corrected chi connectivity index (χ0v) is 13.7. The molecule has 0 saturated carbocycles. The van der Waals surface area contributed by atoms with Crippen molar-refractivity contribution in [1.82, 2.24) is 5.32 Å². The zero-order chi connectivity index (χ0) is 16.8. The maximum absolute atomic E-state index is 12.2. The molecule has 23 heavy (non-hydrogen) atoms. The summed E-state index contributed by atoms with van der Waals surface area (Å²) in [5.74, 6) is 0.209. The molecular formula is C19H23NO3. The van der Waals surface area contributed by atoms with Crippen molar-refractivity contribution in [3.8, 4) is 5.75 Å². The lowest BCUT2D eigenvalue weighted by atomic mass is 10.0. The number of nitrogens with one attached hydrogen (secondary N) is 1. The summed E-state index contributed by atoms with van der Waals surface area (Å²) in [6.45, 7) is 5.63. The van der Waals surface area contributed by atoms with E-state index in [-0.39, 0.29) is 6.04 Å². The van der Waals surface area contributed by atoms with Gasteiger partial charge in [0.05, 0.1) is 0 Å². The normalized spacial score (nSPS) is 13.4. The van der Waals surface area contributed by atoms with Gasteiger partial charge in [-0.15, -0.1) is 0 Å². The van der Waals surface area contributed by atoms with Crippen molar-refractivity contribution in [3.05, 3.63) is 65.7 Å². The number of ether oxygens (including phenoxy) is 1. The molecule has 1 amide bonds. The summed E-state index contributed by atoms with van der Waals surface area (Å²) in [4.78, 5) is 12.2. The Labute approximate surface area is 137 Å². The van der Waals surface area contributed by atoms with E-state index in [1.807, 2.05) is 75.4 Å². The van der Waals surface area contributed by atoms with Crippen LogP contribution >= 0.6 is 0 Å². The van der Waals surface area contributed by atoms with Crippen molar-refractivity contribution in [3.63, 3.8) is 0 Å². The number of carbonyl (C=O) groups is 1. The first-order valence-electron chi connectivity index (χ1n) is 7.74. The summed E-state index contributed by atoms with van der Waals surface area (Å²) in [7, 11) is 0. The Morgan fingerprint density at radius 1 is 1.04 bits per heavy atom. The number of aryl methyl sites for hydroxylation is 1. The Balaban J connectivity index is 2.29. The highest BCUT2D eigenvalue weighted by Crippen LogP contribution is 2.27. The zero-order valence-electron chi connectivity index (χ0n) is 13.7. The van der Waals surface area contributed by atoms with Crippen LogP contribution in [0.2, 0.25) is 0 Å². The Hall–Kier alpha value is -2.33. The van der Waals surface area contributed by atoms with Crippen molar-refractivity contribution in [1.29, 1.82) is 0 Å². The molecule has 0 aliphatic rings. The summed E-state index contributed by atoms with van der Waals surface area (Å²) >= 11 is 0. The Bertz CT molecular complexity index is 640. The van der Waals surface area contributed by atoms with Crippen LogP contribution in [0.15, 0.2) is 54.6 Å². The van der Waals surface area contributed by atoms with Crippen molar-refractivity contribution in [2.45, 2.75) is 39.0 Å². The molecule has 4 heteroatoms. The molecule has 2 unspecified atom stereocenters. The van der Waals surface area contributed by atoms with Gasteiger partial charge in [-0.05, 0) is 38.0 Å². The van der Waals surface area contributed by atoms with Crippen LogP contribution in [-0.2, 0) is 4.79 Å². The van der Waals surface area contributed by atoms with E-state index < -0.39 is 18.1 Å². The van der Waals surface area contributed by atoms with E-state index in [1.54, 1.807) is 0 Å². The fourth-order valence-electron chi connectivity index (χ4n) is 2.29. The number of hydrogen-bond acceptors (Lipinski definition) is 3. The number of rotatable bonds is 6. The van der Waals surface area contributed by atoms with Gasteiger partial charge in [-0.25, -0.2) is 0 Å². The van der Waals surface area contributed by atoms with Gasteiger partial charge in [0, 0.05) is 6.04 Å². The van der Waals surface area contributed by atoms with E-state index in [0.717, 1.165) is 11.1 Å². The smallest absolute Gasteiger partial charge is 0.253 e. The fraction of sp³-hybridized carbons (Fsp3) is 0.316. The first kappa shape index (κ1) is 17.0. The van der Waals surface area contributed by atoms with Gasteiger partial charge in [0.15, 0.2) is 12.2 Å². The van der Waals surface area contributed by atoms with Gasteiger partial charge < -0.3 is 15.2 Å². The maximum atomic E-state index is 12.2. The number of para-hydroxylation sites is 1. The highest BCUT2D eigenvalue weighted by molar-refractivity contribution is 5.81. The summed E-state index contributed by atoms with van der Waals surface area (Å²) < 4.78 is 5.98. The molecule has 0 saturated heterocycles. The van der Waals surface area contributed by atoms with E-state index in [1.165, 1.54) is 0 Å². The monoisotopic (exact) mass is 313 g/mol. The molecule has 0 aliphatic heterocycles. The predicted molar refractivity (Wildman–Crippen MR) is 90.3 cm³/mol. The topological polar surface area (TPSA) is 58.6 Å². The minimum atomic E-state index is -1.29. The molecule has 0 spiro atoms. The molecule has 0 radical (unpaired) electrons. The third-order valence-electron chi connectivity index (χ3n) is 3.46. The minimum Gasteiger partial charge on any atom is -0.482 e. The first-order chi connectivity index (χ1) is 11.0. The molecule has 0 fully saturated rings. The highest BCUT2D eigenvalue weighted by Gasteiger charge is 2.30. The van der Waals surface area contributed by atoms with E-state index in [4.69, 9.17) is 4.74 Å². The fourth-order valence-corrected chi connectivity index (χ4v) is 2.29. The lowest BCUT2D eigenvalue weighted by molar-refractivity contribution is -0.134. The lowest BCUT2D eigenvalue weighted by Gasteiger charge is -2.25. The van der Waals surface area contributed by atoms with Gasteiger partial charge in [0.25, 0.3) is 5.91 Å².